The van der Waals surface area contributed by atoms with Gasteiger partial charge in [-0.2, -0.15) is 0 Å². The maximum absolute atomic E-state index is 12.0. The second-order valence-corrected chi connectivity index (χ2v) is 5.45. The Balaban J connectivity index is 2.05. The van der Waals surface area contributed by atoms with Crippen molar-refractivity contribution in [3.63, 3.8) is 0 Å². The Morgan fingerprint density at radius 3 is 2.88 bits per heavy atom. The van der Waals surface area contributed by atoms with Crippen LogP contribution in [0.3, 0.4) is 0 Å². The van der Waals surface area contributed by atoms with Crippen LogP contribution >= 0.6 is 0 Å². The van der Waals surface area contributed by atoms with Crippen LogP contribution in [0.1, 0.15) is 36.7 Å². The number of ether oxygens (including phenoxy) is 1. The zero-order chi connectivity index (χ0) is 12.5. The van der Waals surface area contributed by atoms with Crippen molar-refractivity contribution in [1.82, 2.24) is 5.32 Å². The van der Waals surface area contributed by atoms with E-state index in [-0.39, 0.29) is 11.3 Å². The molecular formula is C14H19NO2. The minimum absolute atomic E-state index is 0.0322. The number of fused-ring (bicyclic) bond motifs is 1. The van der Waals surface area contributed by atoms with Crippen LogP contribution in [0.25, 0.3) is 0 Å². The van der Waals surface area contributed by atoms with Gasteiger partial charge in [0.1, 0.15) is 5.75 Å². The number of benzene rings is 1. The number of carbonyl (C=O) groups excluding carboxylic acids is 1. The summed E-state index contributed by atoms with van der Waals surface area (Å²) in [6.45, 7) is 7.26. The number of hydrogen-bond donors (Lipinski definition) is 1. The first kappa shape index (κ1) is 12.1. The Morgan fingerprint density at radius 1 is 1.41 bits per heavy atom. The van der Waals surface area contributed by atoms with E-state index >= 15 is 0 Å². The van der Waals surface area contributed by atoms with E-state index in [9.17, 15) is 4.79 Å². The summed E-state index contributed by atoms with van der Waals surface area (Å²) < 4.78 is 5.42. The SMILES string of the molecule is CC(C)(C)NCC(=O)c1ccc2c(c1)CCO2. The van der Waals surface area contributed by atoms with E-state index in [1.807, 2.05) is 18.2 Å². The van der Waals surface area contributed by atoms with Gasteiger partial charge in [-0.15, -0.1) is 0 Å². The van der Waals surface area contributed by atoms with Crippen LogP contribution in [-0.4, -0.2) is 24.5 Å². The summed E-state index contributed by atoms with van der Waals surface area (Å²) in [6, 6.07) is 5.69. The number of Topliss-reactive ketones (excluding diaryl/α,β-unsaturated/α-hetero) is 1. The lowest BCUT2D eigenvalue weighted by Gasteiger charge is -2.19. The molecular weight excluding hydrogens is 214 g/mol. The van der Waals surface area contributed by atoms with Crippen molar-refractivity contribution in [2.45, 2.75) is 32.7 Å². The molecule has 0 saturated carbocycles. The fourth-order valence-corrected chi connectivity index (χ4v) is 1.81. The molecule has 3 heteroatoms. The Kier molecular flexibility index (Phi) is 3.20. The van der Waals surface area contributed by atoms with E-state index in [0.29, 0.717) is 6.54 Å². The van der Waals surface area contributed by atoms with E-state index in [0.717, 1.165) is 29.9 Å². The zero-order valence-corrected chi connectivity index (χ0v) is 10.7. The molecule has 1 aromatic rings. The van der Waals surface area contributed by atoms with Crippen LogP contribution in [0.4, 0.5) is 0 Å². The van der Waals surface area contributed by atoms with Crippen LogP contribution in [-0.2, 0) is 6.42 Å². The van der Waals surface area contributed by atoms with Gasteiger partial charge in [0.05, 0.1) is 13.2 Å². The van der Waals surface area contributed by atoms with Crippen LogP contribution in [0.5, 0.6) is 5.75 Å². The molecule has 3 nitrogen and oxygen atoms in total. The van der Waals surface area contributed by atoms with Crippen LogP contribution in [0, 0.1) is 0 Å². The summed E-state index contributed by atoms with van der Waals surface area (Å²) in [6.07, 6.45) is 0.906. The normalized spacial score (nSPS) is 14.3. The molecule has 1 N–H and O–H groups in total. The predicted octanol–water partition coefficient (Wildman–Crippen LogP) is 2.19. The van der Waals surface area contributed by atoms with E-state index < -0.39 is 0 Å². The molecule has 0 spiro atoms. The summed E-state index contributed by atoms with van der Waals surface area (Å²) >= 11 is 0. The lowest BCUT2D eigenvalue weighted by Crippen LogP contribution is -2.39. The summed E-state index contributed by atoms with van der Waals surface area (Å²) in [5.41, 5.74) is 1.88. The minimum Gasteiger partial charge on any atom is -0.493 e. The topological polar surface area (TPSA) is 38.3 Å². The molecule has 0 unspecified atom stereocenters. The van der Waals surface area contributed by atoms with Gasteiger partial charge in [-0.25, -0.2) is 0 Å². The molecule has 1 aromatic carbocycles. The molecule has 0 saturated heterocycles. The quantitative estimate of drug-likeness (QED) is 0.813. The maximum Gasteiger partial charge on any atom is 0.176 e. The second kappa shape index (κ2) is 4.49. The average molecular weight is 233 g/mol. The van der Waals surface area contributed by atoms with Crippen molar-refractivity contribution in [3.05, 3.63) is 29.3 Å². The smallest absolute Gasteiger partial charge is 0.176 e. The monoisotopic (exact) mass is 233 g/mol. The highest BCUT2D eigenvalue weighted by atomic mass is 16.5. The molecule has 0 atom stereocenters. The van der Waals surface area contributed by atoms with Gasteiger partial charge in [-0.3, -0.25) is 4.79 Å². The summed E-state index contributed by atoms with van der Waals surface area (Å²) in [5, 5.41) is 3.21. The van der Waals surface area contributed by atoms with Crippen LogP contribution < -0.4 is 10.1 Å². The number of carbonyl (C=O) groups is 1. The van der Waals surface area contributed by atoms with E-state index in [1.54, 1.807) is 0 Å². The minimum atomic E-state index is -0.0322. The summed E-state index contributed by atoms with van der Waals surface area (Å²) in [7, 11) is 0. The van der Waals surface area contributed by atoms with Gasteiger partial charge in [-0.1, -0.05) is 0 Å². The molecule has 0 fully saturated rings. The van der Waals surface area contributed by atoms with Gasteiger partial charge in [0.25, 0.3) is 0 Å². The maximum atomic E-state index is 12.0. The van der Waals surface area contributed by atoms with E-state index in [4.69, 9.17) is 4.74 Å². The van der Waals surface area contributed by atoms with Crippen LogP contribution in [0.15, 0.2) is 18.2 Å². The second-order valence-electron chi connectivity index (χ2n) is 5.45. The number of ketones is 1. The Labute approximate surface area is 102 Å². The Morgan fingerprint density at radius 2 is 2.18 bits per heavy atom. The van der Waals surface area contributed by atoms with Gasteiger partial charge >= 0.3 is 0 Å². The van der Waals surface area contributed by atoms with E-state index in [2.05, 4.69) is 26.1 Å². The van der Waals surface area contributed by atoms with Gasteiger partial charge in [0.2, 0.25) is 0 Å². The molecule has 92 valence electrons. The highest BCUT2D eigenvalue weighted by molar-refractivity contribution is 5.98. The van der Waals surface area contributed by atoms with Gasteiger partial charge < -0.3 is 10.1 Å². The first-order valence-corrected chi connectivity index (χ1v) is 6.00. The highest BCUT2D eigenvalue weighted by Crippen LogP contribution is 2.25. The van der Waals surface area contributed by atoms with E-state index in [1.165, 1.54) is 0 Å². The van der Waals surface area contributed by atoms with Crippen molar-refractivity contribution >= 4 is 5.78 Å². The lowest BCUT2D eigenvalue weighted by molar-refractivity contribution is 0.0982. The van der Waals surface area contributed by atoms with Gasteiger partial charge in [-0.05, 0) is 44.5 Å². The van der Waals surface area contributed by atoms with Crippen molar-refractivity contribution in [2.24, 2.45) is 0 Å². The highest BCUT2D eigenvalue weighted by Gasteiger charge is 2.16. The fraction of sp³-hybridized carbons (Fsp3) is 0.500. The predicted molar refractivity (Wildman–Crippen MR) is 67.7 cm³/mol. The third kappa shape index (κ3) is 3.07. The third-order valence-corrected chi connectivity index (χ3v) is 2.79. The van der Waals surface area contributed by atoms with Gasteiger partial charge in [0.15, 0.2) is 5.78 Å². The molecule has 0 aliphatic carbocycles. The molecule has 0 aromatic heterocycles. The van der Waals surface area contributed by atoms with Crippen molar-refractivity contribution in [3.8, 4) is 5.75 Å². The van der Waals surface area contributed by atoms with Crippen LogP contribution in [0.2, 0.25) is 0 Å². The molecule has 0 radical (unpaired) electrons. The van der Waals surface area contributed by atoms with Crippen molar-refractivity contribution in [1.29, 1.82) is 0 Å². The molecule has 0 bridgehead atoms. The Hall–Kier alpha value is -1.35. The van der Waals surface area contributed by atoms with Crippen molar-refractivity contribution in [2.75, 3.05) is 13.2 Å². The lowest BCUT2D eigenvalue weighted by atomic mass is 10.0. The zero-order valence-electron chi connectivity index (χ0n) is 10.7. The number of nitrogens with one attached hydrogen (secondary N) is 1. The largest absolute Gasteiger partial charge is 0.493 e. The molecule has 1 aliphatic heterocycles. The van der Waals surface area contributed by atoms with Crippen molar-refractivity contribution < 1.29 is 9.53 Å². The first-order valence-electron chi connectivity index (χ1n) is 6.00. The molecule has 17 heavy (non-hydrogen) atoms. The summed E-state index contributed by atoms with van der Waals surface area (Å²) in [4.78, 5) is 12.0. The van der Waals surface area contributed by atoms with Gasteiger partial charge in [0, 0.05) is 17.5 Å². The summed E-state index contributed by atoms with van der Waals surface area (Å²) in [5.74, 6) is 1.06. The average Bonchev–Trinajstić information content (AvgIpc) is 2.71. The third-order valence-electron chi connectivity index (χ3n) is 2.79. The molecule has 2 rings (SSSR count). The molecule has 1 aliphatic rings. The standard InChI is InChI=1S/C14H19NO2/c1-14(2,3)15-9-12(16)10-4-5-13-11(8-10)6-7-17-13/h4-5,8,15H,6-7,9H2,1-3H3. The molecule has 1 heterocycles. The molecule has 0 amide bonds. The number of hydrogen-bond acceptors (Lipinski definition) is 3. The fourth-order valence-electron chi connectivity index (χ4n) is 1.81. The Bertz CT molecular complexity index is 432. The number of rotatable bonds is 3. The first-order chi connectivity index (χ1) is 7.96.